The number of rotatable bonds is 7. The Morgan fingerprint density at radius 3 is 2.28 bits per heavy atom. The number of hydrogen-bond acceptors (Lipinski definition) is 4. The Hall–Kier alpha value is -1.33. The molecule has 0 saturated carbocycles. The molecular weight excluding hydrogens is 328 g/mol. The summed E-state index contributed by atoms with van der Waals surface area (Å²) in [6.07, 6.45) is 2.36. The van der Waals surface area contributed by atoms with Crippen molar-refractivity contribution < 1.29 is 4.84 Å². The lowest BCUT2D eigenvalue weighted by Gasteiger charge is -2.30. The van der Waals surface area contributed by atoms with E-state index in [1.54, 1.807) is 0 Å². The lowest BCUT2D eigenvalue weighted by Crippen LogP contribution is -2.34. The zero-order valence-electron chi connectivity index (χ0n) is 15.2. The number of hydrogen-bond donors (Lipinski definition) is 0. The molecule has 0 unspecified atom stereocenters. The number of thioether (sulfide) groups is 1. The third-order valence-corrected chi connectivity index (χ3v) is 5.73. The van der Waals surface area contributed by atoms with Gasteiger partial charge >= 0.3 is 0 Å². The van der Waals surface area contributed by atoms with Gasteiger partial charge in [0, 0.05) is 29.8 Å². The fourth-order valence-electron chi connectivity index (χ4n) is 3.05. The topological polar surface area (TPSA) is 15.7 Å². The van der Waals surface area contributed by atoms with Gasteiger partial charge < -0.3 is 4.90 Å². The first-order chi connectivity index (χ1) is 12.2. The maximum Gasteiger partial charge on any atom is 0.0935 e. The van der Waals surface area contributed by atoms with E-state index >= 15 is 0 Å². The molecule has 1 aliphatic heterocycles. The Kier molecular flexibility index (Phi) is 6.93. The van der Waals surface area contributed by atoms with E-state index in [2.05, 4.69) is 72.6 Å². The van der Waals surface area contributed by atoms with Gasteiger partial charge in [0.25, 0.3) is 0 Å². The summed E-state index contributed by atoms with van der Waals surface area (Å²) in [6, 6.07) is 19.4. The predicted octanol–water partition coefficient (Wildman–Crippen LogP) is 4.44. The first-order valence-electron chi connectivity index (χ1n) is 9.01. The highest BCUT2D eigenvalue weighted by molar-refractivity contribution is 8.00. The molecule has 0 radical (unpaired) electrons. The largest absolute Gasteiger partial charge is 0.305 e. The zero-order chi connectivity index (χ0) is 17.5. The number of hydroxylamine groups is 2. The number of benzene rings is 2. The van der Waals surface area contributed by atoms with Crippen molar-refractivity contribution in [2.75, 3.05) is 27.2 Å². The van der Waals surface area contributed by atoms with Crippen LogP contribution in [0, 0.1) is 0 Å². The van der Waals surface area contributed by atoms with Crippen LogP contribution in [-0.4, -0.2) is 42.4 Å². The van der Waals surface area contributed by atoms with Crippen molar-refractivity contribution >= 4 is 11.8 Å². The molecule has 1 heterocycles. The monoisotopic (exact) mass is 356 g/mol. The summed E-state index contributed by atoms with van der Waals surface area (Å²) in [5.41, 5.74) is 2.61. The maximum absolute atomic E-state index is 5.94. The van der Waals surface area contributed by atoms with Crippen LogP contribution in [0.5, 0.6) is 0 Å². The normalized spacial score (nSPS) is 16.4. The van der Waals surface area contributed by atoms with Crippen LogP contribution in [0.3, 0.4) is 0 Å². The second-order valence-corrected chi connectivity index (χ2v) is 8.26. The molecule has 0 aromatic heterocycles. The molecule has 3 rings (SSSR count). The van der Waals surface area contributed by atoms with Crippen LogP contribution in [0.15, 0.2) is 59.5 Å². The van der Waals surface area contributed by atoms with Crippen LogP contribution in [0.2, 0.25) is 0 Å². The smallest absolute Gasteiger partial charge is 0.0935 e. The molecule has 1 aliphatic rings. The van der Waals surface area contributed by atoms with Crippen molar-refractivity contribution in [3.8, 4) is 0 Å². The molecule has 2 aromatic carbocycles. The van der Waals surface area contributed by atoms with Gasteiger partial charge in [0.1, 0.15) is 0 Å². The SMILES string of the molecule is CN(C)Cc1ccc(SC2CCN(OCc3ccccc3)CC2)cc1. The van der Waals surface area contributed by atoms with Crippen LogP contribution in [-0.2, 0) is 18.0 Å². The molecule has 0 spiro atoms. The van der Waals surface area contributed by atoms with Gasteiger partial charge in [-0.1, -0.05) is 42.5 Å². The Morgan fingerprint density at radius 1 is 0.960 bits per heavy atom. The average molecular weight is 357 g/mol. The molecule has 0 bridgehead atoms. The first-order valence-corrected chi connectivity index (χ1v) is 9.89. The van der Waals surface area contributed by atoms with Crippen molar-refractivity contribution in [2.45, 2.75) is 36.1 Å². The molecule has 1 fully saturated rings. The van der Waals surface area contributed by atoms with Crippen molar-refractivity contribution in [2.24, 2.45) is 0 Å². The van der Waals surface area contributed by atoms with E-state index in [0.717, 1.165) is 19.6 Å². The predicted molar refractivity (Wildman–Crippen MR) is 106 cm³/mol. The molecule has 1 saturated heterocycles. The molecule has 0 amide bonds. The van der Waals surface area contributed by atoms with Crippen LogP contribution in [0.25, 0.3) is 0 Å². The number of nitrogens with zero attached hydrogens (tertiary/aromatic N) is 2. The van der Waals surface area contributed by atoms with Gasteiger partial charge in [-0.3, -0.25) is 4.84 Å². The summed E-state index contributed by atoms with van der Waals surface area (Å²) in [6.45, 7) is 3.71. The van der Waals surface area contributed by atoms with E-state index < -0.39 is 0 Å². The zero-order valence-corrected chi connectivity index (χ0v) is 16.0. The lowest BCUT2D eigenvalue weighted by atomic mass is 10.1. The second kappa shape index (κ2) is 9.39. The molecule has 0 N–H and O–H groups in total. The van der Waals surface area contributed by atoms with E-state index in [4.69, 9.17) is 4.84 Å². The summed E-state index contributed by atoms with van der Waals surface area (Å²) in [5.74, 6) is 0. The lowest BCUT2D eigenvalue weighted by molar-refractivity contribution is -0.177. The summed E-state index contributed by atoms with van der Waals surface area (Å²) < 4.78 is 0. The van der Waals surface area contributed by atoms with Crippen LogP contribution < -0.4 is 0 Å². The molecule has 25 heavy (non-hydrogen) atoms. The standard InChI is InChI=1S/C21H28N2OS/c1-22(2)16-18-8-10-20(11-9-18)25-21-12-14-23(15-13-21)24-17-19-6-4-3-5-7-19/h3-11,21H,12-17H2,1-2H3. The fourth-order valence-corrected chi connectivity index (χ4v) is 4.17. The molecular formula is C21H28N2OS. The van der Waals surface area contributed by atoms with Gasteiger partial charge in [-0.25, -0.2) is 0 Å². The van der Waals surface area contributed by atoms with E-state index in [9.17, 15) is 0 Å². The molecule has 0 aliphatic carbocycles. The van der Waals surface area contributed by atoms with Gasteiger partial charge in [-0.05, 0) is 50.2 Å². The highest BCUT2D eigenvalue weighted by Gasteiger charge is 2.20. The van der Waals surface area contributed by atoms with Crippen LogP contribution in [0.4, 0.5) is 0 Å². The van der Waals surface area contributed by atoms with Gasteiger partial charge in [0.2, 0.25) is 0 Å². The Bertz CT molecular complexity index is 622. The molecule has 3 nitrogen and oxygen atoms in total. The third kappa shape index (κ3) is 6.15. The highest BCUT2D eigenvalue weighted by atomic mass is 32.2. The van der Waals surface area contributed by atoms with E-state index in [1.165, 1.54) is 28.9 Å². The van der Waals surface area contributed by atoms with Gasteiger partial charge in [0.05, 0.1) is 6.61 Å². The first kappa shape index (κ1) is 18.5. The van der Waals surface area contributed by atoms with E-state index in [-0.39, 0.29) is 0 Å². The molecule has 0 atom stereocenters. The minimum Gasteiger partial charge on any atom is -0.305 e. The second-order valence-electron chi connectivity index (χ2n) is 6.89. The summed E-state index contributed by atoms with van der Waals surface area (Å²) in [4.78, 5) is 9.52. The third-order valence-electron chi connectivity index (χ3n) is 4.38. The Balaban J connectivity index is 1.40. The average Bonchev–Trinajstić information content (AvgIpc) is 2.63. The summed E-state index contributed by atoms with van der Waals surface area (Å²) >= 11 is 2.01. The van der Waals surface area contributed by atoms with Crippen molar-refractivity contribution in [1.82, 2.24) is 9.96 Å². The van der Waals surface area contributed by atoms with Gasteiger partial charge in [-0.2, -0.15) is 5.06 Å². The van der Waals surface area contributed by atoms with Crippen LogP contribution >= 0.6 is 11.8 Å². The Morgan fingerprint density at radius 2 is 1.64 bits per heavy atom. The van der Waals surface area contributed by atoms with E-state index in [0.29, 0.717) is 11.9 Å². The molecule has 2 aromatic rings. The van der Waals surface area contributed by atoms with Crippen LogP contribution in [0.1, 0.15) is 24.0 Å². The molecule has 4 heteroatoms. The van der Waals surface area contributed by atoms with E-state index in [1.807, 2.05) is 17.8 Å². The minimum atomic E-state index is 0.673. The van der Waals surface area contributed by atoms with Crippen molar-refractivity contribution in [1.29, 1.82) is 0 Å². The summed E-state index contributed by atoms with van der Waals surface area (Å²) in [5, 5.41) is 2.82. The number of piperidine rings is 1. The quantitative estimate of drug-likeness (QED) is 0.729. The van der Waals surface area contributed by atoms with Crippen molar-refractivity contribution in [3.05, 3.63) is 65.7 Å². The highest BCUT2D eigenvalue weighted by Crippen LogP contribution is 2.30. The maximum atomic E-state index is 5.94. The van der Waals surface area contributed by atoms with Gasteiger partial charge in [-0.15, -0.1) is 11.8 Å². The Labute approximate surface area is 155 Å². The minimum absolute atomic E-state index is 0.673. The molecule has 134 valence electrons. The fraction of sp³-hybridized carbons (Fsp3) is 0.429. The van der Waals surface area contributed by atoms with Crippen molar-refractivity contribution in [3.63, 3.8) is 0 Å². The van der Waals surface area contributed by atoms with Gasteiger partial charge in [0.15, 0.2) is 0 Å². The summed E-state index contributed by atoms with van der Waals surface area (Å²) in [7, 11) is 4.21.